The standard InChI is InChI=1S/C24H29NO2/c1-24(2,3)19-14-15-21(27-23(26)18-12-8-5-9-13-18)20(16-19)22(25)17-10-6-4-7-11-17/h5,8-9,12-17,25H,4,6-7,10-11H2,1-3H3. The second kappa shape index (κ2) is 8.08. The van der Waals surface area contributed by atoms with Crippen molar-refractivity contribution in [1.82, 2.24) is 0 Å². The molecule has 0 heterocycles. The molecular formula is C24H29NO2. The molecule has 0 aliphatic heterocycles. The number of esters is 1. The van der Waals surface area contributed by atoms with E-state index in [0.717, 1.165) is 24.0 Å². The van der Waals surface area contributed by atoms with E-state index in [-0.39, 0.29) is 17.3 Å². The average molecular weight is 364 g/mol. The lowest BCUT2D eigenvalue weighted by molar-refractivity contribution is 0.0734. The Bertz CT molecular complexity index is 812. The highest BCUT2D eigenvalue weighted by molar-refractivity contribution is 6.03. The Balaban J connectivity index is 1.94. The Labute approximate surface area is 162 Å². The summed E-state index contributed by atoms with van der Waals surface area (Å²) in [6.07, 6.45) is 5.69. The fraction of sp³-hybridized carbons (Fsp3) is 0.417. The number of hydrogen-bond acceptors (Lipinski definition) is 3. The van der Waals surface area contributed by atoms with Gasteiger partial charge >= 0.3 is 5.97 Å². The van der Waals surface area contributed by atoms with Crippen LogP contribution in [0.1, 0.15) is 74.4 Å². The summed E-state index contributed by atoms with van der Waals surface area (Å²) in [5.41, 5.74) is 3.02. The molecule has 0 aromatic heterocycles. The fourth-order valence-corrected chi connectivity index (χ4v) is 3.64. The van der Waals surface area contributed by atoms with E-state index in [0.29, 0.717) is 17.0 Å². The Morgan fingerprint density at radius 2 is 1.67 bits per heavy atom. The van der Waals surface area contributed by atoms with Gasteiger partial charge in [-0.2, -0.15) is 0 Å². The molecule has 3 rings (SSSR count). The predicted molar refractivity (Wildman–Crippen MR) is 110 cm³/mol. The minimum absolute atomic E-state index is 0.0242. The minimum atomic E-state index is -0.378. The van der Waals surface area contributed by atoms with E-state index in [2.05, 4.69) is 20.8 Å². The lowest BCUT2D eigenvalue weighted by atomic mass is 9.80. The average Bonchev–Trinajstić information content (AvgIpc) is 2.68. The summed E-state index contributed by atoms with van der Waals surface area (Å²) >= 11 is 0. The third kappa shape index (κ3) is 4.65. The van der Waals surface area contributed by atoms with Crippen molar-refractivity contribution in [2.24, 2.45) is 5.92 Å². The van der Waals surface area contributed by atoms with E-state index < -0.39 is 0 Å². The van der Waals surface area contributed by atoms with Crippen LogP contribution in [0.2, 0.25) is 0 Å². The number of nitrogens with one attached hydrogen (secondary N) is 1. The zero-order valence-electron chi connectivity index (χ0n) is 16.5. The van der Waals surface area contributed by atoms with E-state index in [1.807, 2.05) is 36.4 Å². The van der Waals surface area contributed by atoms with E-state index in [1.54, 1.807) is 12.1 Å². The molecule has 0 radical (unpaired) electrons. The summed E-state index contributed by atoms with van der Waals surface area (Å²) in [7, 11) is 0. The van der Waals surface area contributed by atoms with Gasteiger partial charge in [-0.3, -0.25) is 0 Å². The molecule has 0 bridgehead atoms. The van der Waals surface area contributed by atoms with E-state index in [1.165, 1.54) is 19.3 Å². The predicted octanol–water partition coefficient (Wildman–Crippen LogP) is 6.15. The second-order valence-corrected chi connectivity index (χ2v) is 8.47. The van der Waals surface area contributed by atoms with Gasteiger partial charge in [0.25, 0.3) is 0 Å². The molecule has 0 saturated heterocycles. The monoisotopic (exact) mass is 363 g/mol. The van der Waals surface area contributed by atoms with Crippen molar-refractivity contribution in [2.45, 2.75) is 58.3 Å². The molecule has 1 saturated carbocycles. The van der Waals surface area contributed by atoms with E-state index in [9.17, 15) is 4.79 Å². The van der Waals surface area contributed by atoms with Crippen LogP contribution in [0.3, 0.4) is 0 Å². The van der Waals surface area contributed by atoms with Crippen LogP contribution in [0.5, 0.6) is 5.75 Å². The molecule has 3 nitrogen and oxygen atoms in total. The van der Waals surface area contributed by atoms with Gasteiger partial charge in [-0.15, -0.1) is 0 Å². The first-order chi connectivity index (χ1) is 12.9. The zero-order chi connectivity index (χ0) is 19.4. The molecule has 27 heavy (non-hydrogen) atoms. The van der Waals surface area contributed by atoms with Gasteiger partial charge in [0, 0.05) is 17.2 Å². The van der Waals surface area contributed by atoms with Crippen molar-refractivity contribution < 1.29 is 9.53 Å². The first-order valence-corrected chi connectivity index (χ1v) is 9.87. The minimum Gasteiger partial charge on any atom is -0.422 e. The summed E-state index contributed by atoms with van der Waals surface area (Å²) in [4.78, 5) is 12.6. The molecule has 3 heteroatoms. The van der Waals surface area contributed by atoms with Crippen LogP contribution in [0.15, 0.2) is 48.5 Å². The maximum absolute atomic E-state index is 12.6. The summed E-state index contributed by atoms with van der Waals surface area (Å²) in [6.45, 7) is 6.48. The maximum atomic E-state index is 12.6. The summed E-state index contributed by atoms with van der Waals surface area (Å²) in [5.74, 6) is 0.368. The Morgan fingerprint density at radius 1 is 1.00 bits per heavy atom. The topological polar surface area (TPSA) is 50.2 Å². The number of carbonyl (C=O) groups excluding carboxylic acids is 1. The van der Waals surface area contributed by atoms with Gasteiger partial charge in [0.15, 0.2) is 0 Å². The molecule has 2 aromatic carbocycles. The van der Waals surface area contributed by atoms with Crippen LogP contribution in [0, 0.1) is 11.3 Å². The van der Waals surface area contributed by atoms with Crippen LogP contribution in [0.4, 0.5) is 0 Å². The Hall–Kier alpha value is -2.42. The summed E-state index contributed by atoms with van der Waals surface area (Å²) < 4.78 is 5.73. The normalized spacial score (nSPS) is 15.4. The van der Waals surface area contributed by atoms with Crippen molar-refractivity contribution in [1.29, 1.82) is 5.41 Å². The lowest BCUT2D eigenvalue weighted by Crippen LogP contribution is -2.21. The highest BCUT2D eigenvalue weighted by Gasteiger charge is 2.25. The van der Waals surface area contributed by atoms with Gasteiger partial charge in [-0.1, -0.05) is 64.3 Å². The number of rotatable bonds is 4. The Kier molecular flexibility index (Phi) is 5.79. The van der Waals surface area contributed by atoms with Gasteiger partial charge in [-0.25, -0.2) is 4.79 Å². The van der Waals surface area contributed by atoms with Crippen molar-refractivity contribution in [3.8, 4) is 5.75 Å². The number of benzene rings is 2. The molecule has 0 spiro atoms. The van der Waals surface area contributed by atoms with Crippen LogP contribution in [-0.2, 0) is 5.41 Å². The number of carbonyl (C=O) groups is 1. The van der Waals surface area contributed by atoms with Crippen molar-refractivity contribution in [3.63, 3.8) is 0 Å². The molecule has 1 N–H and O–H groups in total. The smallest absolute Gasteiger partial charge is 0.343 e. The van der Waals surface area contributed by atoms with Gasteiger partial charge < -0.3 is 10.1 Å². The second-order valence-electron chi connectivity index (χ2n) is 8.47. The van der Waals surface area contributed by atoms with Crippen molar-refractivity contribution >= 4 is 11.7 Å². The summed E-state index contributed by atoms with van der Waals surface area (Å²) in [6, 6.07) is 14.9. The number of ether oxygens (including phenoxy) is 1. The van der Waals surface area contributed by atoms with Gasteiger partial charge in [0.1, 0.15) is 5.75 Å². The third-order valence-electron chi connectivity index (χ3n) is 5.36. The lowest BCUT2D eigenvalue weighted by Gasteiger charge is -2.26. The fourth-order valence-electron chi connectivity index (χ4n) is 3.64. The van der Waals surface area contributed by atoms with Gasteiger partial charge in [0.2, 0.25) is 0 Å². The quantitative estimate of drug-likeness (QED) is 0.402. The van der Waals surface area contributed by atoms with Gasteiger partial charge in [-0.05, 0) is 48.1 Å². The molecule has 1 aliphatic carbocycles. The first kappa shape index (κ1) is 19.3. The number of hydrogen-bond donors (Lipinski definition) is 1. The molecule has 1 fully saturated rings. The highest BCUT2D eigenvalue weighted by atomic mass is 16.5. The maximum Gasteiger partial charge on any atom is 0.343 e. The van der Waals surface area contributed by atoms with E-state index in [4.69, 9.17) is 10.1 Å². The molecule has 0 amide bonds. The summed E-state index contributed by atoms with van der Waals surface area (Å²) in [5, 5.41) is 8.82. The molecule has 142 valence electrons. The molecule has 0 unspecified atom stereocenters. The molecular weight excluding hydrogens is 334 g/mol. The van der Waals surface area contributed by atoms with Crippen LogP contribution < -0.4 is 4.74 Å². The first-order valence-electron chi connectivity index (χ1n) is 9.87. The van der Waals surface area contributed by atoms with Crippen molar-refractivity contribution in [3.05, 3.63) is 65.2 Å². The van der Waals surface area contributed by atoms with Crippen LogP contribution in [-0.4, -0.2) is 11.7 Å². The van der Waals surface area contributed by atoms with E-state index >= 15 is 0 Å². The SMILES string of the molecule is CC(C)(C)c1ccc(OC(=O)c2ccccc2)c(C(=N)C2CCCCC2)c1. The largest absolute Gasteiger partial charge is 0.422 e. The van der Waals surface area contributed by atoms with Gasteiger partial charge in [0.05, 0.1) is 5.56 Å². The molecule has 1 aliphatic rings. The molecule has 2 aromatic rings. The van der Waals surface area contributed by atoms with Crippen LogP contribution in [0.25, 0.3) is 0 Å². The van der Waals surface area contributed by atoms with Crippen molar-refractivity contribution in [2.75, 3.05) is 0 Å². The third-order valence-corrected chi connectivity index (χ3v) is 5.36. The zero-order valence-corrected chi connectivity index (χ0v) is 16.5. The molecule has 0 atom stereocenters. The van der Waals surface area contributed by atoms with Crippen LogP contribution >= 0.6 is 0 Å². The Morgan fingerprint density at radius 3 is 2.30 bits per heavy atom. The highest BCUT2D eigenvalue weighted by Crippen LogP contribution is 2.33.